The van der Waals surface area contributed by atoms with E-state index in [9.17, 15) is 4.80 Å². The van der Waals surface area contributed by atoms with Gasteiger partial charge in [0.2, 0.25) is 0 Å². The SMILES string of the molecule is CC=C[C@H](CCCCCC)[Si](O)(c1c(C)cc(C)cc1C)c1c(C)cc(C)cc1C. The predicted molar refractivity (Wildman–Crippen MR) is 136 cm³/mol. The van der Waals surface area contributed by atoms with E-state index in [0.717, 1.165) is 6.42 Å². The first kappa shape index (κ1) is 24.6. The average Bonchev–Trinajstić information content (AvgIpc) is 2.62. The molecule has 0 amide bonds. The van der Waals surface area contributed by atoms with Gasteiger partial charge in [-0.05, 0) is 87.5 Å². The minimum Gasteiger partial charge on any atom is -0.423 e. The van der Waals surface area contributed by atoms with Gasteiger partial charge < -0.3 is 4.80 Å². The van der Waals surface area contributed by atoms with Gasteiger partial charge in [0.1, 0.15) is 0 Å². The number of unbranched alkanes of at least 4 members (excludes halogenated alkanes) is 3. The van der Waals surface area contributed by atoms with E-state index >= 15 is 0 Å². The van der Waals surface area contributed by atoms with E-state index in [0.29, 0.717) is 0 Å². The molecule has 0 aromatic heterocycles. The molecule has 0 spiro atoms. The lowest BCUT2D eigenvalue weighted by Gasteiger charge is -2.38. The summed E-state index contributed by atoms with van der Waals surface area (Å²) in [5.74, 6) is 0. The fourth-order valence-electron chi connectivity index (χ4n) is 5.53. The summed E-state index contributed by atoms with van der Waals surface area (Å²) in [5, 5.41) is 2.45. The van der Waals surface area contributed by atoms with Gasteiger partial charge in [-0.1, -0.05) is 80.2 Å². The first-order valence-electron chi connectivity index (χ1n) is 11.7. The molecule has 0 heterocycles. The topological polar surface area (TPSA) is 20.2 Å². The zero-order valence-electron chi connectivity index (χ0n) is 20.5. The van der Waals surface area contributed by atoms with Crippen molar-refractivity contribution in [1.29, 1.82) is 0 Å². The Labute approximate surface area is 186 Å². The molecule has 1 nitrogen and oxygen atoms in total. The Morgan fingerprint density at radius 1 is 0.767 bits per heavy atom. The van der Waals surface area contributed by atoms with Crippen LogP contribution in [0.15, 0.2) is 36.4 Å². The lowest BCUT2D eigenvalue weighted by atomic mass is 10.1. The van der Waals surface area contributed by atoms with Crippen LogP contribution in [0, 0.1) is 41.5 Å². The number of aryl methyl sites for hydroxylation is 6. The molecular weight excluding hydrogens is 380 g/mol. The Hall–Kier alpha value is -1.64. The van der Waals surface area contributed by atoms with Crippen LogP contribution >= 0.6 is 0 Å². The second-order valence-electron chi connectivity index (χ2n) is 9.30. The number of rotatable bonds is 9. The highest BCUT2D eigenvalue weighted by Crippen LogP contribution is 2.31. The largest absolute Gasteiger partial charge is 0.423 e. The summed E-state index contributed by atoms with van der Waals surface area (Å²) in [5.41, 5.74) is 7.68. The van der Waals surface area contributed by atoms with Gasteiger partial charge in [0.25, 0.3) is 8.32 Å². The molecule has 0 aliphatic rings. The molecule has 0 saturated carbocycles. The van der Waals surface area contributed by atoms with Crippen LogP contribution in [0.1, 0.15) is 79.3 Å². The lowest BCUT2D eigenvalue weighted by Crippen LogP contribution is -2.65. The van der Waals surface area contributed by atoms with Crippen molar-refractivity contribution in [2.45, 2.75) is 93.0 Å². The van der Waals surface area contributed by atoms with Gasteiger partial charge in [0.15, 0.2) is 0 Å². The first-order valence-corrected chi connectivity index (χ1v) is 13.7. The van der Waals surface area contributed by atoms with Crippen molar-refractivity contribution < 1.29 is 4.80 Å². The van der Waals surface area contributed by atoms with Crippen LogP contribution in [0.25, 0.3) is 0 Å². The smallest absolute Gasteiger partial charge is 0.260 e. The molecule has 2 heteroatoms. The van der Waals surface area contributed by atoms with Crippen LogP contribution in [0.2, 0.25) is 5.54 Å². The molecule has 0 aliphatic carbocycles. The monoisotopic (exact) mass is 422 g/mol. The van der Waals surface area contributed by atoms with Crippen LogP contribution in [0.4, 0.5) is 0 Å². The van der Waals surface area contributed by atoms with E-state index in [4.69, 9.17) is 0 Å². The Kier molecular flexibility index (Phi) is 8.69. The first-order chi connectivity index (χ1) is 14.2. The zero-order chi connectivity index (χ0) is 22.5. The molecule has 2 aromatic rings. The maximum Gasteiger partial charge on any atom is 0.260 e. The third kappa shape index (κ3) is 5.15. The molecule has 0 fully saturated rings. The molecule has 164 valence electrons. The molecule has 2 rings (SSSR count). The summed E-state index contributed by atoms with van der Waals surface area (Å²) in [4.78, 5) is 12.9. The summed E-state index contributed by atoms with van der Waals surface area (Å²) in [6.07, 6.45) is 10.4. The van der Waals surface area contributed by atoms with Crippen molar-refractivity contribution in [2.24, 2.45) is 0 Å². The number of benzene rings is 2. The molecule has 0 unspecified atom stereocenters. The van der Waals surface area contributed by atoms with Crippen LogP contribution < -0.4 is 10.4 Å². The Morgan fingerprint density at radius 2 is 1.20 bits per heavy atom. The lowest BCUT2D eigenvalue weighted by molar-refractivity contribution is 0.531. The highest BCUT2D eigenvalue weighted by atomic mass is 28.4. The molecule has 0 radical (unpaired) electrons. The Balaban J connectivity index is 2.78. The third-order valence-corrected chi connectivity index (χ3v) is 11.1. The molecule has 0 bridgehead atoms. The van der Waals surface area contributed by atoms with E-state index in [1.165, 1.54) is 69.4 Å². The van der Waals surface area contributed by atoms with Gasteiger partial charge >= 0.3 is 0 Å². The average molecular weight is 423 g/mol. The van der Waals surface area contributed by atoms with Gasteiger partial charge in [-0.15, -0.1) is 0 Å². The second-order valence-corrected chi connectivity index (χ2v) is 12.6. The van der Waals surface area contributed by atoms with Gasteiger partial charge in [-0.2, -0.15) is 0 Å². The summed E-state index contributed by atoms with van der Waals surface area (Å²) >= 11 is 0. The minimum atomic E-state index is -3.02. The minimum absolute atomic E-state index is 0.180. The van der Waals surface area contributed by atoms with Crippen molar-refractivity contribution >= 4 is 18.7 Å². The summed E-state index contributed by atoms with van der Waals surface area (Å²) in [6, 6.07) is 9.01. The maximum atomic E-state index is 12.9. The van der Waals surface area contributed by atoms with E-state index in [1.807, 2.05) is 0 Å². The fourth-order valence-corrected chi connectivity index (χ4v) is 10.3. The van der Waals surface area contributed by atoms with E-state index in [2.05, 4.69) is 91.8 Å². The summed E-state index contributed by atoms with van der Waals surface area (Å²) < 4.78 is 0. The fraction of sp³-hybridized carbons (Fsp3) is 0.500. The van der Waals surface area contributed by atoms with Crippen LogP contribution in [-0.4, -0.2) is 13.1 Å². The molecule has 2 aromatic carbocycles. The van der Waals surface area contributed by atoms with Gasteiger partial charge in [0, 0.05) is 5.54 Å². The van der Waals surface area contributed by atoms with E-state index < -0.39 is 8.32 Å². The molecule has 0 saturated heterocycles. The summed E-state index contributed by atoms with van der Waals surface area (Å²) in [6.45, 7) is 17.4. The second kappa shape index (κ2) is 10.6. The van der Waals surface area contributed by atoms with Crippen LogP contribution in [0.3, 0.4) is 0 Å². The zero-order valence-corrected chi connectivity index (χ0v) is 21.5. The van der Waals surface area contributed by atoms with Crippen molar-refractivity contribution in [3.8, 4) is 0 Å². The van der Waals surface area contributed by atoms with Crippen molar-refractivity contribution in [3.63, 3.8) is 0 Å². The van der Waals surface area contributed by atoms with Crippen molar-refractivity contribution in [1.82, 2.24) is 0 Å². The Bertz CT molecular complexity index is 790. The molecule has 0 aliphatic heterocycles. The molecule has 1 atom stereocenters. The van der Waals surface area contributed by atoms with Gasteiger partial charge in [0.05, 0.1) is 0 Å². The van der Waals surface area contributed by atoms with Crippen molar-refractivity contribution in [3.05, 3.63) is 69.8 Å². The quantitative estimate of drug-likeness (QED) is 0.277. The number of allylic oxidation sites excluding steroid dienone is 2. The standard InChI is InChI=1S/C28H42OSi/c1-9-11-12-13-15-26(14-10-2)30(29,27-22(5)16-20(3)17-23(27)6)28-24(7)18-21(4)19-25(28)8/h10,14,16-19,26,29H,9,11-13,15H2,1-8H3/t26-/m1/s1. The predicted octanol–water partition coefficient (Wildman–Crippen LogP) is 6.51. The highest BCUT2D eigenvalue weighted by molar-refractivity contribution is 6.99. The van der Waals surface area contributed by atoms with Crippen LogP contribution in [0.5, 0.6) is 0 Å². The van der Waals surface area contributed by atoms with E-state index in [1.54, 1.807) is 0 Å². The van der Waals surface area contributed by atoms with E-state index in [-0.39, 0.29) is 5.54 Å². The summed E-state index contributed by atoms with van der Waals surface area (Å²) in [7, 11) is -3.02. The van der Waals surface area contributed by atoms with Crippen LogP contribution in [-0.2, 0) is 0 Å². The van der Waals surface area contributed by atoms with Gasteiger partial charge in [-0.25, -0.2) is 0 Å². The number of hydrogen-bond donors (Lipinski definition) is 1. The number of hydrogen-bond acceptors (Lipinski definition) is 1. The molecular formula is C28H42OSi. The van der Waals surface area contributed by atoms with Crippen molar-refractivity contribution in [2.75, 3.05) is 0 Å². The maximum absolute atomic E-state index is 12.9. The molecule has 1 N–H and O–H groups in total. The van der Waals surface area contributed by atoms with Gasteiger partial charge in [-0.3, -0.25) is 0 Å². The normalized spacial score (nSPS) is 13.2. The third-order valence-electron chi connectivity index (χ3n) is 6.45. The Morgan fingerprint density at radius 3 is 1.57 bits per heavy atom. The molecule has 30 heavy (non-hydrogen) atoms. The highest BCUT2D eigenvalue weighted by Gasteiger charge is 2.46.